The monoisotopic (exact) mass is 331 g/mol. The molecule has 6 heteroatoms. The van der Waals surface area contributed by atoms with Crippen molar-refractivity contribution in [2.75, 3.05) is 13.2 Å². The van der Waals surface area contributed by atoms with Crippen LogP contribution in [0.1, 0.15) is 30.9 Å². The van der Waals surface area contributed by atoms with Gasteiger partial charge in [-0.1, -0.05) is 19.4 Å². The zero-order valence-corrected chi connectivity index (χ0v) is 14.1. The lowest BCUT2D eigenvalue weighted by Gasteiger charge is -2.28. The van der Waals surface area contributed by atoms with Crippen LogP contribution in [0, 0.1) is 5.41 Å². The Morgan fingerprint density at radius 3 is 3.00 bits per heavy atom. The van der Waals surface area contributed by atoms with E-state index in [-0.39, 0.29) is 6.09 Å². The van der Waals surface area contributed by atoms with Crippen molar-refractivity contribution in [3.8, 4) is 5.69 Å². The Balaban J connectivity index is 1.76. The zero-order chi connectivity index (χ0) is 16.2. The number of hydrogen-bond donors (Lipinski definition) is 1. The SMILES string of the molecule is CCCCOC(=O)N1CCc2ccc(-n3ccsc3=N)cc2C1. The number of carbonyl (C=O) groups excluding carboxylic acids is 1. The maximum Gasteiger partial charge on any atom is 0.410 e. The van der Waals surface area contributed by atoms with Crippen molar-refractivity contribution in [2.45, 2.75) is 32.7 Å². The molecule has 1 amide bonds. The molecule has 0 atom stereocenters. The van der Waals surface area contributed by atoms with Crippen LogP contribution in [0.25, 0.3) is 5.69 Å². The number of fused-ring (bicyclic) bond motifs is 1. The van der Waals surface area contributed by atoms with Crippen molar-refractivity contribution in [1.29, 1.82) is 5.41 Å². The van der Waals surface area contributed by atoms with E-state index in [2.05, 4.69) is 19.1 Å². The molecule has 1 aliphatic heterocycles. The number of ether oxygens (including phenoxy) is 1. The first-order valence-corrected chi connectivity index (χ1v) is 8.81. The number of rotatable bonds is 4. The molecule has 0 saturated carbocycles. The Kier molecular flexibility index (Phi) is 4.81. The molecule has 2 heterocycles. The molecule has 1 N–H and O–H groups in total. The minimum Gasteiger partial charge on any atom is -0.449 e. The van der Waals surface area contributed by atoms with E-state index in [1.54, 1.807) is 4.90 Å². The summed E-state index contributed by atoms with van der Waals surface area (Å²) in [4.78, 5) is 14.4. The summed E-state index contributed by atoms with van der Waals surface area (Å²) in [6, 6.07) is 6.22. The van der Waals surface area contributed by atoms with Gasteiger partial charge >= 0.3 is 6.09 Å². The van der Waals surface area contributed by atoms with E-state index in [0.29, 0.717) is 24.5 Å². The van der Waals surface area contributed by atoms with E-state index in [0.717, 1.165) is 30.5 Å². The minimum atomic E-state index is -0.223. The van der Waals surface area contributed by atoms with Crippen LogP contribution in [0.5, 0.6) is 0 Å². The van der Waals surface area contributed by atoms with E-state index in [1.807, 2.05) is 22.2 Å². The average Bonchev–Trinajstić information content (AvgIpc) is 3.00. The van der Waals surface area contributed by atoms with Crippen molar-refractivity contribution in [1.82, 2.24) is 9.47 Å². The summed E-state index contributed by atoms with van der Waals surface area (Å²) in [6.45, 7) is 3.85. The molecule has 23 heavy (non-hydrogen) atoms. The molecule has 0 fully saturated rings. The predicted octanol–water partition coefficient (Wildman–Crippen LogP) is 3.31. The van der Waals surface area contributed by atoms with Gasteiger partial charge in [0.15, 0.2) is 4.80 Å². The lowest BCUT2D eigenvalue weighted by atomic mass is 9.99. The van der Waals surface area contributed by atoms with Crippen molar-refractivity contribution >= 4 is 17.4 Å². The molecule has 0 radical (unpaired) electrons. The van der Waals surface area contributed by atoms with E-state index in [9.17, 15) is 4.79 Å². The van der Waals surface area contributed by atoms with Gasteiger partial charge in [0.1, 0.15) is 0 Å². The number of hydrogen-bond acceptors (Lipinski definition) is 4. The van der Waals surface area contributed by atoms with Gasteiger partial charge in [0.05, 0.1) is 6.61 Å². The number of benzene rings is 1. The minimum absolute atomic E-state index is 0.223. The highest BCUT2D eigenvalue weighted by Crippen LogP contribution is 2.22. The molecule has 5 nitrogen and oxygen atoms in total. The van der Waals surface area contributed by atoms with Crippen molar-refractivity contribution in [2.24, 2.45) is 0 Å². The van der Waals surface area contributed by atoms with Crippen molar-refractivity contribution in [3.05, 3.63) is 45.7 Å². The van der Waals surface area contributed by atoms with Crippen molar-refractivity contribution in [3.63, 3.8) is 0 Å². The number of unbranched alkanes of at least 4 members (excludes halogenated alkanes) is 1. The fraction of sp³-hybridized carbons (Fsp3) is 0.412. The van der Waals surface area contributed by atoms with Crippen LogP contribution in [-0.4, -0.2) is 28.7 Å². The van der Waals surface area contributed by atoms with Gasteiger partial charge in [-0.2, -0.15) is 0 Å². The largest absolute Gasteiger partial charge is 0.449 e. The average molecular weight is 331 g/mol. The lowest BCUT2D eigenvalue weighted by Crippen LogP contribution is -2.36. The highest BCUT2D eigenvalue weighted by atomic mass is 32.1. The van der Waals surface area contributed by atoms with Gasteiger partial charge in [0, 0.05) is 30.4 Å². The summed E-state index contributed by atoms with van der Waals surface area (Å²) in [5, 5.41) is 9.83. The molecule has 122 valence electrons. The summed E-state index contributed by atoms with van der Waals surface area (Å²) in [5.74, 6) is 0. The summed E-state index contributed by atoms with van der Waals surface area (Å²) >= 11 is 1.40. The van der Waals surface area contributed by atoms with Crippen LogP contribution in [0.2, 0.25) is 0 Å². The molecule has 0 unspecified atom stereocenters. The first-order valence-electron chi connectivity index (χ1n) is 7.93. The van der Waals surface area contributed by atoms with Crippen LogP contribution in [0.3, 0.4) is 0 Å². The molecular weight excluding hydrogens is 310 g/mol. The Labute approximate surface area is 139 Å². The summed E-state index contributed by atoms with van der Waals surface area (Å²) < 4.78 is 7.16. The van der Waals surface area contributed by atoms with Crippen LogP contribution in [0.4, 0.5) is 4.79 Å². The quantitative estimate of drug-likeness (QED) is 0.874. The summed E-state index contributed by atoms with van der Waals surface area (Å²) in [7, 11) is 0. The fourth-order valence-corrected chi connectivity index (χ4v) is 3.32. The maximum absolute atomic E-state index is 12.1. The van der Waals surface area contributed by atoms with Crippen LogP contribution in [-0.2, 0) is 17.7 Å². The standard InChI is InChI=1S/C17H21N3O2S/c1-2-3-9-22-17(21)19-7-6-13-4-5-15(11-14(13)12-19)20-8-10-23-16(20)18/h4-5,8,10-11,18H,2-3,6-7,9,12H2,1H3. The Hall–Kier alpha value is -2.08. The predicted molar refractivity (Wildman–Crippen MR) is 89.9 cm³/mol. The van der Waals surface area contributed by atoms with E-state index < -0.39 is 0 Å². The zero-order valence-electron chi connectivity index (χ0n) is 13.2. The first-order chi connectivity index (χ1) is 11.2. The van der Waals surface area contributed by atoms with E-state index in [4.69, 9.17) is 10.1 Å². The third-order valence-corrected chi connectivity index (χ3v) is 4.75. The van der Waals surface area contributed by atoms with Crippen LogP contribution < -0.4 is 4.80 Å². The van der Waals surface area contributed by atoms with E-state index in [1.165, 1.54) is 16.9 Å². The Morgan fingerprint density at radius 1 is 1.39 bits per heavy atom. The second kappa shape index (κ2) is 7.00. The van der Waals surface area contributed by atoms with Gasteiger partial charge in [0.2, 0.25) is 0 Å². The molecule has 1 aromatic heterocycles. The molecule has 0 aliphatic carbocycles. The van der Waals surface area contributed by atoms with Gasteiger partial charge in [-0.25, -0.2) is 4.79 Å². The maximum atomic E-state index is 12.1. The molecule has 0 bridgehead atoms. The van der Waals surface area contributed by atoms with E-state index >= 15 is 0 Å². The summed E-state index contributed by atoms with van der Waals surface area (Å²) in [5.41, 5.74) is 3.38. The second-order valence-corrected chi connectivity index (χ2v) is 6.57. The molecule has 3 rings (SSSR count). The van der Waals surface area contributed by atoms with Gasteiger partial charge in [-0.3, -0.25) is 9.98 Å². The molecule has 0 saturated heterocycles. The number of thiazole rings is 1. The molecule has 0 spiro atoms. The first kappa shape index (κ1) is 15.8. The van der Waals surface area contributed by atoms with Gasteiger partial charge < -0.3 is 9.64 Å². The Morgan fingerprint density at radius 2 is 2.26 bits per heavy atom. The number of amides is 1. The van der Waals surface area contributed by atoms with Gasteiger partial charge in [0.25, 0.3) is 0 Å². The Bertz CT molecular complexity index is 750. The fourth-order valence-electron chi connectivity index (χ4n) is 2.73. The van der Waals surface area contributed by atoms with Gasteiger partial charge in [-0.15, -0.1) is 11.3 Å². The van der Waals surface area contributed by atoms with Gasteiger partial charge in [-0.05, 0) is 36.1 Å². The topological polar surface area (TPSA) is 58.3 Å². The number of nitrogens with zero attached hydrogens (tertiary/aromatic N) is 2. The number of aromatic nitrogens is 1. The van der Waals surface area contributed by atoms with Crippen LogP contribution >= 0.6 is 11.3 Å². The highest BCUT2D eigenvalue weighted by Gasteiger charge is 2.22. The highest BCUT2D eigenvalue weighted by molar-refractivity contribution is 7.07. The second-order valence-electron chi connectivity index (χ2n) is 5.67. The molecule has 1 aliphatic rings. The lowest BCUT2D eigenvalue weighted by molar-refractivity contribution is 0.0966. The van der Waals surface area contributed by atoms with Crippen LogP contribution in [0.15, 0.2) is 29.8 Å². The van der Waals surface area contributed by atoms with Crippen molar-refractivity contribution < 1.29 is 9.53 Å². The molecule has 2 aromatic rings. The number of carbonyl (C=O) groups is 1. The normalized spacial score (nSPS) is 13.7. The number of nitrogens with one attached hydrogen (secondary N) is 1. The third-order valence-electron chi connectivity index (χ3n) is 4.07. The molecular formula is C17H21N3O2S. The summed E-state index contributed by atoms with van der Waals surface area (Å²) in [6.07, 6.45) is 4.45. The third kappa shape index (κ3) is 3.47. The molecule has 1 aromatic carbocycles. The smallest absolute Gasteiger partial charge is 0.410 e.